The fourth-order valence-corrected chi connectivity index (χ4v) is 2.32. The van der Waals surface area contributed by atoms with E-state index >= 15 is 0 Å². The van der Waals surface area contributed by atoms with Gasteiger partial charge in [0.1, 0.15) is 6.04 Å². The Kier molecular flexibility index (Phi) is 7.90. The molecule has 0 aromatic carbocycles. The van der Waals surface area contributed by atoms with Crippen molar-refractivity contribution >= 4 is 35.2 Å². The van der Waals surface area contributed by atoms with Crippen molar-refractivity contribution in [1.29, 1.82) is 0 Å². The molecule has 1 aromatic rings. The Labute approximate surface area is 142 Å². The molecule has 1 rings (SSSR count). The number of aliphatic hydroxyl groups is 1. The topological polar surface area (TPSA) is 142 Å². The Morgan fingerprint density at radius 2 is 2.21 bits per heavy atom. The van der Waals surface area contributed by atoms with Crippen LogP contribution in [0, 0.1) is 0 Å². The highest BCUT2D eigenvalue weighted by Crippen LogP contribution is 2.17. The van der Waals surface area contributed by atoms with Gasteiger partial charge in [0.05, 0.1) is 16.5 Å². The quantitative estimate of drug-likeness (QED) is 0.282. The van der Waals surface area contributed by atoms with Gasteiger partial charge in [0.15, 0.2) is 6.10 Å². The van der Waals surface area contributed by atoms with Crippen molar-refractivity contribution in [3.63, 3.8) is 0 Å². The number of esters is 1. The van der Waals surface area contributed by atoms with E-state index in [0.717, 1.165) is 11.3 Å². The first-order valence-electron chi connectivity index (χ1n) is 7.12. The van der Waals surface area contributed by atoms with Gasteiger partial charge < -0.3 is 20.7 Å². The molecule has 1 heterocycles. The van der Waals surface area contributed by atoms with Crippen LogP contribution in [-0.2, 0) is 19.1 Å². The molecule has 1 aromatic heterocycles. The highest BCUT2D eigenvalue weighted by atomic mass is 32.1. The molecule has 0 unspecified atom stereocenters. The molecule has 0 aliphatic heterocycles. The summed E-state index contributed by atoms with van der Waals surface area (Å²) in [5, 5.41) is 12.3. The van der Waals surface area contributed by atoms with E-state index in [1.807, 2.05) is 0 Å². The van der Waals surface area contributed by atoms with Gasteiger partial charge in [0.25, 0.3) is 5.91 Å². The SMILES string of the molecule is CC(C)OC(=O)[C@H](CCC(=O)C=[N+]=[N-])NC(=O)[C@@H](O)c1cncs1. The number of hydrogen-bond donors (Lipinski definition) is 2. The van der Waals surface area contributed by atoms with Crippen molar-refractivity contribution in [2.75, 3.05) is 0 Å². The van der Waals surface area contributed by atoms with E-state index in [4.69, 9.17) is 10.3 Å². The maximum absolute atomic E-state index is 12.1. The summed E-state index contributed by atoms with van der Waals surface area (Å²) in [4.78, 5) is 42.2. The zero-order valence-corrected chi connectivity index (χ0v) is 14.0. The average molecular weight is 354 g/mol. The number of ketones is 1. The minimum absolute atomic E-state index is 0.0580. The second kappa shape index (κ2) is 9.66. The number of amides is 1. The van der Waals surface area contributed by atoms with Gasteiger partial charge in [-0.05, 0) is 20.3 Å². The Morgan fingerprint density at radius 1 is 1.50 bits per heavy atom. The molecule has 0 spiro atoms. The number of hydrogen-bond acceptors (Lipinski definition) is 7. The van der Waals surface area contributed by atoms with E-state index in [1.54, 1.807) is 13.8 Å². The van der Waals surface area contributed by atoms with Crippen molar-refractivity contribution in [2.24, 2.45) is 0 Å². The van der Waals surface area contributed by atoms with Gasteiger partial charge in [-0.2, -0.15) is 4.79 Å². The van der Waals surface area contributed by atoms with E-state index in [1.165, 1.54) is 11.7 Å². The molecular formula is C14H18N4O5S. The standard InChI is InChI=1S/C14H18N4O5S/c1-8(2)23-14(22)10(4-3-9(19)5-17-15)18-13(21)12(20)11-6-16-7-24-11/h5-8,10,12,20H,3-4H2,1-2H3,(H,18,21)/t10-,12-/m0/s1. The summed E-state index contributed by atoms with van der Waals surface area (Å²) in [7, 11) is 0. The minimum Gasteiger partial charge on any atom is -0.461 e. The van der Waals surface area contributed by atoms with E-state index in [9.17, 15) is 19.5 Å². The third kappa shape index (κ3) is 6.37. The number of carbonyl (C=O) groups excluding carboxylic acids is 3. The Morgan fingerprint density at radius 3 is 2.75 bits per heavy atom. The Hall–Kier alpha value is -2.42. The lowest BCUT2D eigenvalue weighted by molar-refractivity contribution is -0.152. The number of ether oxygens (including phenoxy) is 1. The summed E-state index contributed by atoms with van der Waals surface area (Å²) in [5.74, 6) is -2.03. The van der Waals surface area contributed by atoms with Gasteiger partial charge in [0, 0.05) is 12.6 Å². The van der Waals surface area contributed by atoms with Crippen LogP contribution in [0.4, 0.5) is 0 Å². The number of nitrogens with zero attached hydrogens (tertiary/aromatic N) is 3. The van der Waals surface area contributed by atoms with Gasteiger partial charge in [0.2, 0.25) is 5.78 Å². The van der Waals surface area contributed by atoms with Crippen LogP contribution in [0.3, 0.4) is 0 Å². The van der Waals surface area contributed by atoms with E-state index in [2.05, 4.69) is 15.1 Å². The third-order valence-electron chi connectivity index (χ3n) is 2.80. The number of rotatable bonds is 9. The fourth-order valence-electron chi connectivity index (χ4n) is 1.72. The van der Waals surface area contributed by atoms with Crippen LogP contribution in [0.5, 0.6) is 0 Å². The summed E-state index contributed by atoms with van der Waals surface area (Å²) < 4.78 is 5.04. The van der Waals surface area contributed by atoms with Crippen LogP contribution in [0.25, 0.3) is 5.53 Å². The number of Topliss-reactive ketones (excluding diaryl/α,β-unsaturated/α-hetero) is 1. The summed E-state index contributed by atoms with van der Waals surface area (Å²) in [6.07, 6.45) is -0.0214. The number of aromatic nitrogens is 1. The second-order valence-corrected chi connectivity index (χ2v) is 6.02. The molecular weight excluding hydrogens is 336 g/mol. The molecule has 130 valence electrons. The number of carbonyl (C=O) groups is 3. The summed E-state index contributed by atoms with van der Waals surface area (Å²) in [5.41, 5.74) is 9.76. The smallest absolute Gasteiger partial charge is 0.328 e. The molecule has 1 amide bonds. The van der Waals surface area contributed by atoms with E-state index in [0.29, 0.717) is 11.1 Å². The Balaban J connectivity index is 2.76. The molecule has 0 fully saturated rings. The summed E-state index contributed by atoms with van der Waals surface area (Å²) >= 11 is 1.09. The van der Waals surface area contributed by atoms with Gasteiger partial charge in [-0.1, -0.05) is 0 Å². The van der Waals surface area contributed by atoms with Crippen LogP contribution in [0.2, 0.25) is 0 Å². The van der Waals surface area contributed by atoms with Crippen LogP contribution in [0.15, 0.2) is 11.7 Å². The maximum Gasteiger partial charge on any atom is 0.328 e. The largest absolute Gasteiger partial charge is 0.461 e. The van der Waals surface area contributed by atoms with Gasteiger partial charge in [-0.25, -0.2) is 4.79 Å². The van der Waals surface area contributed by atoms with Gasteiger partial charge >= 0.3 is 12.2 Å². The van der Waals surface area contributed by atoms with E-state index < -0.39 is 35.9 Å². The highest BCUT2D eigenvalue weighted by molar-refractivity contribution is 7.09. The third-order valence-corrected chi connectivity index (χ3v) is 3.63. The first-order chi connectivity index (χ1) is 11.3. The molecule has 0 radical (unpaired) electrons. The van der Waals surface area contributed by atoms with Crippen LogP contribution >= 0.6 is 11.3 Å². The monoisotopic (exact) mass is 354 g/mol. The molecule has 0 bridgehead atoms. The second-order valence-electron chi connectivity index (χ2n) is 5.10. The molecule has 0 saturated heterocycles. The predicted octanol–water partition coefficient (Wildman–Crippen LogP) is 0.263. The zero-order valence-electron chi connectivity index (χ0n) is 13.2. The van der Waals surface area contributed by atoms with Crippen molar-refractivity contribution in [3.8, 4) is 0 Å². The fraction of sp³-hybridized carbons (Fsp3) is 0.500. The Bertz CT molecular complexity index is 625. The predicted molar refractivity (Wildman–Crippen MR) is 84.2 cm³/mol. The van der Waals surface area contributed by atoms with E-state index in [-0.39, 0.29) is 12.8 Å². The number of aliphatic hydroxyl groups excluding tert-OH is 1. The van der Waals surface area contributed by atoms with Crippen molar-refractivity contribution < 1.29 is 29.0 Å². The van der Waals surface area contributed by atoms with Crippen LogP contribution in [0.1, 0.15) is 37.7 Å². The minimum atomic E-state index is -1.47. The summed E-state index contributed by atoms with van der Waals surface area (Å²) in [6.45, 7) is 3.29. The van der Waals surface area contributed by atoms with Crippen molar-refractivity contribution in [2.45, 2.75) is 44.9 Å². The van der Waals surface area contributed by atoms with Gasteiger partial charge in [-0.15, -0.1) is 11.3 Å². The first-order valence-corrected chi connectivity index (χ1v) is 8.00. The van der Waals surface area contributed by atoms with Gasteiger partial charge in [-0.3, -0.25) is 14.6 Å². The molecule has 0 saturated carbocycles. The average Bonchev–Trinajstić information content (AvgIpc) is 3.04. The molecule has 0 aliphatic rings. The lowest BCUT2D eigenvalue weighted by Crippen LogP contribution is -2.44. The maximum atomic E-state index is 12.1. The van der Waals surface area contributed by atoms with Crippen molar-refractivity contribution in [1.82, 2.24) is 10.3 Å². The lowest BCUT2D eigenvalue weighted by Gasteiger charge is -2.19. The van der Waals surface area contributed by atoms with Crippen LogP contribution in [-0.4, -0.2) is 50.9 Å². The normalized spacial score (nSPS) is 12.8. The number of nitrogens with one attached hydrogen (secondary N) is 1. The molecule has 2 atom stereocenters. The highest BCUT2D eigenvalue weighted by Gasteiger charge is 2.28. The molecule has 10 heteroatoms. The lowest BCUT2D eigenvalue weighted by atomic mass is 10.1. The summed E-state index contributed by atoms with van der Waals surface area (Å²) in [6, 6.07) is -1.11. The number of thiazole rings is 1. The molecule has 2 N–H and O–H groups in total. The molecule has 24 heavy (non-hydrogen) atoms. The first kappa shape index (κ1) is 19.6. The van der Waals surface area contributed by atoms with Crippen molar-refractivity contribution in [3.05, 3.63) is 22.1 Å². The van der Waals surface area contributed by atoms with Crippen LogP contribution < -0.4 is 5.32 Å². The zero-order chi connectivity index (χ0) is 18.1. The molecule has 0 aliphatic carbocycles. The molecule has 9 nitrogen and oxygen atoms in total.